The van der Waals surface area contributed by atoms with E-state index in [-0.39, 0.29) is 0 Å². The van der Waals surface area contributed by atoms with E-state index in [2.05, 4.69) is 17.1 Å². The first-order chi connectivity index (χ1) is 5.86. The van der Waals surface area contributed by atoms with Crippen molar-refractivity contribution in [1.29, 1.82) is 0 Å². The number of hydrogen-bond acceptors (Lipinski definition) is 3. The molecule has 1 heterocycles. The lowest BCUT2D eigenvalue weighted by atomic mass is 10.2. The van der Waals surface area contributed by atoms with E-state index < -0.39 is 0 Å². The minimum absolute atomic E-state index is 0.468. The van der Waals surface area contributed by atoms with E-state index >= 15 is 0 Å². The molecule has 1 saturated heterocycles. The van der Waals surface area contributed by atoms with E-state index in [0.29, 0.717) is 6.10 Å². The molecule has 0 amide bonds. The van der Waals surface area contributed by atoms with Gasteiger partial charge in [-0.15, -0.1) is 0 Å². The van der Waals surface area contributed by atoms with E-state index in [0.717, 1.165) is 39.2 Å². The van der Waals surface area contributed by atoms with Crippen LogP contribution in [0.5, 0.6) is 0 Å². The van der Waals surface area contributed by atoms with Gasteiger partial charge in [-0.1, -0.05) is 6.92 Å². The Kier molecular flexibility index (Phi) is 4.58. The Morgan fingerprint density at radius 3 is 3.08 bits per heavy atom. The van der Waals surface area contributed by atoms with Crippen molar-refractivity contribution in [3.63, 3.8) is 0 Å². The van der Waals surface area contributed by atoms with Crippen LogP contribution >= 0.6 is 0 Å². The Morgan fingerprint density at radius 1 is 1.58 bits per heavy atom. The molecule has 1 rings (SSSR count). The van der Waals surface area contributed by atoms with Crippen molar-refractivity contribution in [3.05, 3.63) is 0 Å². The van der Waals surface area contributed by atoms with Crippen LogP contribution in [0.4, 0.5) is 0 Å². The van der Waals surface area contributed by atoms with Gasteiger partial charge in [-0.05, 0) is 13.5 Å². The van der Waals surface area contributed by atoms with Crippen LogP contribution in [0.1, 0.15) is 13.3 Å². The van der Waals surface area contributed by atoms with E-state index in [9.17, 15) is 0 Å². The highest BCUT2D eigenvalue weighted by atomic mass is 16.5. The summed E-state index contributed by atoms with van der Waals surface area (Å²) >= 11 is 0. The summed E-state index contributed by atoms with van der Waals surface area (Å²) in [6.07, 6.45) is 1.60. The number of nitrogens with zero attached hydrogens (tertiary/aromatic N) is 1. The fraction of sp³-hybridized carbons (Fsp3) is 1.00. The summed E-state index contributed by atoms with van der Waals surface area (Å²) in [5.74, 6) is 0. The topological polar surface area (TPSA) is 24.5 Å². The van der Waals surface area contributed by atoms with Crippen LogP contribution in [0.3, 0.4) is 0 Å². The lowest BCUT2D eigenvalue weighted by Crippen LogP contribution is -2.44. The summed E-state index contributed by atoms with van der Waals surface area (Å²) in [7, 11) is 2.00. The summed E-state index contributed by atoms with van der Waals surface area (Å²) in [5.41, 5.74) is 0. The standard InChI is InChI=1S/C9H20N2O/c1-3-9-8-11(5-4-10-2)6-7-12-9/h9-10H,3-8H2,1-2H3. The number of hydrogen-bond donors (Lipinski definition) is 1. The third-order valence-electron chi connectivity index (χ3n) is 2.36. The molecule has 0 aromatic carbocycles. The Morgan fingerprint density at radius 2 is 2.42 bits per heavy atom. The Hall–Kier alpha value is -0.120. The second-order valence-electron chi connectivity index (χ2n) is 3.31. The summed E-state index contributed by atoms with van der Waals surface area (Å²) in [6.45, 7) is 7.53. The van der Waals surface area contributed by atoms with Gasteiger partial charge in [0.1, 0.15) is 0 Å². The van der Waals surface area contributed by atoms with Crippen LogP contribution in [0.2, 0.25) is 0 Å². The van der Waals surface area contributed by atoms with Crippen LogP contribution in [0.25, 0.3) is 0 Å². The van der Waals surface area contributed by atoms with Crippen molar-refractivity contribution in [3.8, 4) is 0 Å². The van der Waals surface area contributed by atoms with Gasteiger partial charge in [0.05, 0.1) is 12.7 Å². The van der Waals surface area contributed by atoms with E-state index in [1.807, 2.05) is 7.05 Å². The number of ether oxygens (including phenoxy) is 1. The predicted molar refractivity (Wildman–Crippen MR) is 50.4 cm³/mol. The monoisotopic (exact) mass is 172 g/mol. The molecule has 0 aromatic heterocycles. The zero-order chi connectivity index (χ0) is 8.81. The Balaban J connectivity index is 2.16. The second kappa shape index (κ2) is 5.51. The molecule has 0 aromatic rings. The van der Waals surface area contributed by atoms with Crippen molar-refractivity contribution >= 4 is 0 Å². The lowest BCUT2D eigenvalue weighted by Gasteiger charge is -2.32. The van der Waals surface area contributed by atoms with E-state index in [1.165, 1.54) is 0 Å². The predicted octanol–water partition coefficient (Wildman–Crippen LogP) is 0.317. The minimum Gasteiger partial charge on any atom is -0.376 e. The number of morpholine rings is 1. The number of rotatable bonds is 4. The van der Waals surface area contributed by atoms with E-state index in [1.54, 1.807) is 0 Å². The molecule has 1 N–H and O–H groups in total. The van der Waals surface area contributed by atoms with Crippen molar-refractivity contribution in [2.75, 3.05) is 39.8 Å². The smallest absolute Gasteiger partial charge is 0.0700 e. The van der Waals surface area contributed by atoms with Gasteiger partial charge in [0.15, 0.2) is 0 Å². The quantitative estimate of drug-likeness (QED) is 0.661. The zero-order valence-corrected chi connectivity index (χ0v) is 8.18. The van der Waals surface area contributed by atoms with Crippen LogP contribution in [-0.2, 0) is 4.74 Å². The SMILES string of the molecule is CCC1CN(CCNC)CCO1. The molecule has 0 spiro atoms. The normalized spacial score (nSPS) is 26.0. The molecule has 0 saturated carbocycles. The molecule has 1 atom stereocenters. The van der Waals surface area contributed by atoms with Gasteiger partial charge in [-0.2, -0.15) is 0 Å². The van der Waals surface area contributed by atoms with Gasteiger partial charge in [-0.25, -0.2) is 0 Å². The molecule has 72 valence electrons. The van der Waals surface area contributed by atoms with Gasteiger partial charge < -0.3 is 10.1 Å². The van der Waals surface area contributed by atoms with Gasteiger partial charge in [-0.3, -0.25) is 4.90 Å². The van der Waals surface area contributed by atoms with Crippen LogP contribution in [-0.4, -0.2) is 50.8 Å². The summed E-state index contributed by atoms with van der Waals surface area (Å²) in [6, 6.07) is 0. The van der Waals surface area contributed by atoms with Gasteiger partial charge in [0.2, 0.25) is 0 Å². The zero-order valence-electron chi connectivity index (χ0n) is 8.18. The molecule has 12 heavy (non-hydrogen) atoms. The molecule has 1 unspecified atom stereocenters. The molecule has 1 aliphatic rings. The second-order valence-corrected chi connectivity index (χ2v) is 3.31. The average Bonchev–Trinajstić information content (AvgIpc) is 2.15. The summed E-state index contributed by atoms with van der Waals surface area (Å²) in [4.78, 5) is 2.47. The molecule has 0 radical (unpaired) electrons. The Bertz CT molecular complexity index is 119. The van der Waals surface area contributed by atoms with Crippen molar-refractivity contribution < 1.29 is 4.74 Å². The third-order valence-corrected chi connectivity index (χ3v) is 2.36. The molecule has 3 heteroatoms. The maximum atomic E-state index is 5.58. The maximum absolute atomic E-state index is 5.58. The largest absolute Gasteiger partial charge is 0.376 e. The highest BCUT2D eigenvalue weighted by Crippen LogP contribution is 2.06. The van der Waals surface area contributed by atoms with Gasteiger partial charge in [0, 0.05) is 26.2 Å². The molecular formula is C9H20N2O. The Labute approximate surface area is 75.1 Å². The van der Waals surface area contributed by atoms with Crippen molar-refractivity contribution in [2.24, 2.45) is 0 Å². The number of nitrogens with one attached hydrogen (secondary N) is 1. The summed E-state index contributed by atoms with van der Waals surface area (Å²) in [5, 5.41) is 3.17. The first-order valence-electron chi connectivity index (χ1n) is 4.85. The molecule has 0 aliphatic carbocycles. The molecule has 0 bridgehead atoms. The minimum atomic E-state index is 0.468. The maximum Gasteiger partial charge on any atom is 0.0700 e. The first-order valence-corrected chi connectivity index (χ1v) is 4.85. The first kappa shape index (κ1) is 9.96. The molecule has 1 aliphatic heterocycles. The van der Waals surface area contributed by atoms with Gasteiger partial charge in [0.25, 0.3) is 0 Å². The fourth-order valence-corrected chi connectivity index (χ4v) is 1.50. The van der Waals surface area contributed by atoms with Crippen LogP contribution in [0, 0.1) is 0 Å². The molecule has 3 nitrogen and oxygen atoms in total. The van der Waals surface area contributed by atoms with Crippen LogP contribution in [0.15, 0.2) is 0 Å². The fourth-order valence-electron chi connectivity index (χ4n) is 1.50. The van der Waals surface area contributed by atoms with Crippen LogP contribution < -0.4 is 5.32 Å². The summed E-state index contributed by atoms with van der Waals surface area (Å²) < 4.78 is 5.58. The average molecular weight is 172 g/mol. The molecular weight excluding hydrogens is 152 g/mol. The third kappa shape index (κ3) is 3.09. The highest BCUT2D eigenvalue weighted by Gasteiger charge is 2.17. The van der Waals surface area contributed by atoms with Crippen molar-refractivity contribution in [2.45, 2.75) is 19.4 Å². The number of likely N-dealkylation sites (N-methyl/N-ethyl adjacent to an activating group) is 1. The van der Waals surface area contributed by atoms with E-state index in [4.69, 9.17) is 4.74 Å². The molecule has 1 fully saturated rings. The van der Waals surface area contributed by atoms with Crippen molar-refractivity contribution in [1.82, 2.24) is 10.2 Å². The van der Waals surface area contributed by atoms with Gasteiger partial charge >= 0.3 is 0 Å². The lowest BCUT2D eigenvalue weighted by molar-refractivity contribution is -0.0289. The highest BCUT2D eigenvalue weighted by molar-refractivity contribution is 4.70.